The second-order valence-corrected chi connectivity index (χ2v) is 6.51. The van der Waals surface area contributed by atoms with Gasteiger partial charge in [-0.25, -0.2) is 0 Å². The third-order valence-electron chi connectivity index (χ3n) is 3.86. The lowest BCUT2D eigenvalue weighted by molar-refractivity contribution is 0.0939. The third kappa shape index (κ3) is 5.62. The summed E-state index contributed by atoms with van der Waals surface area (Å²) in [6, 6.07) is 14.0. The summed E-state index contributed by atoms with van der Waals surface area (Å²) in [5.41, 5.74) is 1.57. The van der Waals surface area contributed by atoms with Gasteiger partial charge in [0.15, 0.2) is 0 Å². The van der Waals surface area contributed by atoms with Crippen LogP contribution in [0.4, 0.5) is 5.69 Å². The van der Waals surface area contributed by atoms with E-state index in [4.69, 9.17) is 4.74 Å². The van der Waals surface area contributed by atoms with Crippen molar-refractivity contribution in [3.63, 3.8) is 0 Å². The number of nitrogens with one attached hydrogen (secondary N) is 2. The number of carbonyl (C=O) groups excluding carboxylic acids is 2. The first-order valence-electron chi connectivity index (χ1n) is 8.88. The zero-order valence-corrected chi connectivity index (χ0v) is 15.7. The fourth-order valence-electron chi connectivity index (χ4n) is 2.30. The van der Waals surface area contributed by atoms with Gasteiger partial charge in [-0.15, -0.1) is 0 Å². The second-order valence-electron chi connectivity index (χ2n) is 6.51. The van der Waals surface area contributed by atoms with E-state index < -0.39 is 0 Å². The Morgan fingerprint density at radius 1 is 0.962 bits per heavy atom. The van der Waals surface area contributed by atoms with Crippen LogP contribution in [-0.4, -0.2) is 24.0 Å². The van der Waals surface area contributed by atoms with Crippen LogP contribution in [-0.2, 0) is 0 Å². The van der Waals surface area contributed by atoms with E-state index in [2.05, 4.69) is 10.6 Å². The Labute approximate surface area is 154 Å². The van der Waals surface area contributed by atoms with Crippen molar-refractivity contribution in [1.29, 1.82) is 0 Å². The highest BCUT2D eigenvalue weighted by Crippen LogP contribution is 2.18. The molecule has 0 bridgehead atoms. The van der Waals surface area contributed by atoms with Crippen LogP contribution in [0.3, 0.4) is 0 Å². The van der Waals surface area contributed by atoms with E-state index in [0.29, 0.717) is 16.8 Å². The van der Waals surface area contributed by atoms with Crippen LogP contribution in [0.15, 0.2) is 48.5 Å². The number of carbonyl (C=O) groups is 2. The van der Waals surface area contributed by atoms with Crippen LogP contribution >= 0.6 is 0 Å². The largest absolute Gasteiger partial charge is 0.491 e. The SMILES string of the molecule is CCC(C)NC(=O)c1cccc(C(=O)Nc2ccc(OC(C)C)cc2)c1. The van der Waals surface area contributed by atoms with Crippen molar-refractivity contribution >= 4 is 17.5 Å². The van der Waals surface area contributed by atoms with Crippen molar-refractivity contribution < 1.29 is 14.3 Å². The Morgan fingerprint density at radius 2 is 1.58 bits per heavy atom. The number of rotatable bonds is 7. The van der Waals surface area contributed by atoms with Gasteiger partial charge >= 0.3 is 0 Å². The normalized spacial score (nSPS) is 11.7. The van der Waals surface area contributed by atoms with E-state index in [1.54, 1.807) is 36.4 Å². The number of benzene rings is 2. The standard InChI is InChI=1S/C21H26N2O3/c1-5-15(4)22-20(24)16-7-6-8-17(13-16)21(25)23-18-9-11-19(12-10-18)26-14(2)3/h6-15H,5H2,1-4H3,(H,22,24)(H,23,25). The third-order valence-corrected chi connectivity index (χ3v) is 3.86. The summed E-state index contributed by atoms with van der Waals surface area (Å²) in [4.78, 5) is 24.7. The van der Waals surface area contributed by atoms with E-state index >= 15 is 0 Å². The number of amides is 2. The van der Waals surface area contributed by atoms with Gasteiger partial charge < -0.3 is 15.4 Å². The molecule has 1 unspecified atom stereocenters. The molecule has 0 radical (unpaired) electrons. The molecule has 0 aliphatic rings. The fraction of sp³-hybridized carbons (Fsp3) is 0.333. The van der Waals surface area contributed by atoms with Crippen molar-refractivity contribution in [2.45, 2.75) is 46.3 Å². The Morgan fingerprint density at radius 3 is 2.15 bits per heavy atom. The molecular weight excluding hydrogens is 328 g/mol. The molecule has 2 aromatic rings. The van der Waals surface area contributed by atoms with Crippen LogP contribution in [0.1, 0.15) is 54.8 Å². The van der Waals surface area contributed by atoms with Crippen molar-refractivity contribution in [2.75, 3.05) is 5.32 Å². The molecule has 0 saturated heterocycles. The average Bonchev–Trinajstić information content (AvgIpc) is 2.62. The topological polar surface area (TPSA) is 67.4 Å². The molecule has 5 nitrogen and oxygen atoms in total. The van der Waals surface area contributed by atoms with Gasteiger partial charge in [-0.1, -0.05) is 13.0 Å². The zero-order valence-electron chi connectivity index (χ0n) is 15.7. The molecule has 26 heavy (non-hydrogen) atoms. The molecule has 0 aromatic heterocycles. The van der Waals surface area contributed by atoms with Crippen LogP contribution < -0.4 is 15.4 Å². The summed E-state index contributed by atoms with van der Waals surface area (Å²) >= 11 is 0. The van der Waals surface area contributed by atoms with Crippen molar-refractivity contribution in [2.24, 2.45) is 0 Å². The fourth-order valence-corrected chi connectivity index (χ4v) is 2.30. The van der Waals surface area contributed by atoms with Gasteiger partial charge in [-0.05, 0) is 69.7 Å². The minimum Gasteiger partial charge on any atom is -0.491 e. The van der Waals surface area contributed by atoms with Gasteiger partial charge in [0.25, 0.3) is 11.8 Å². The van der Waals surface area contributed by atoms with E-state index in [1.165, 1.54) is 0 Å². The Bertz CT molecular complexity index is 754. The molecule has 2 amide bonds. The molecular formula is C21H26N2O3. The van der Waals surface area contributed by atoms with Gasteiger partial charge in [0.2, 0.25) is 0 Å². The predicted molar refractivity (Wildman–Crippen MR) is 104 cm³/mol. The van der Waals surface area contributed by atoms with Gasteiger partial charge in [0.1, 0.15) is 5.75 Å². The van der Waals surface area contributed by atoms with E-state index in [1.807, 2.05) is 39.8 Å². The molecule has 138 valence electrons. The summed E-state index contributed by atoms with van der Waals surface area (Å²) in [7, 11) is 0. The molecule has 0 aliphatic heterocycles. The van der Waals surface area contributed by atoms with Gasteiger partial charge in [0.05, 0.1) is 6.10 Å². The molecule has 0 saturated carbocycles. The molecule has 0 spiro atoms. The van der Waals surface area contributed by atoms with Crippen molar-refractivity contribution in [3.8, 4) is 5.75 Å². The zero-order chi connectivity index (χ0) is 19.1. The van der Waals surface area contributed by atoms with Crippen molar-refractivity contribution in [1.82, 2.24) is 5.32 Å². The predicted octanol–water partition coefficient (Wildman–Crippen LogP) is 4.25. The van der Waals surface area contributed by atoms with Crippen LogP contribution in [0.25, 0.3) is 0 Å². The first-order chi connectivity index (χ1) is 12.4. The first kappa shape index (κ1) is 19.5. The van der Waals surface area contributed by atoms with E-state index in [-0.39, 0.29) is 24.0 Å². The summed E-state index contributed by atoms with van der Waals surface area (Å²) in [6.45, 7) is 7.87. The molecule has 0 aliphatic carbocycles. The van der Waals surface area contributed by atoms with Crippen LogP contribution in [0.5, 0.6) is 5.75 Å². The average molecular weight is 354 g/mol. The number of ether oxygens (including phenoxy) is 1. The van der Waals surface area contributed by atoms with Crippen LogP contribution in [0.2, 0.25) is 0 Å². The minimum atomic E-state index is -0.263. The second kappa shape index (κ2) is 9.04. The summed E-state index contributed by atoms with van der Waals surface area (Å²) in [5.74, 6) is 0.312. The molecule has 0 fully saturated rings. The number of hydrogen-bond donors (Lipinski definition) is 2. The highest BCUT2D eigenvalue weighted by Gasteiger charge is 2.12. The lowest BCUT2D eigenvalue weighted by Crippen LogP contribution is -2.32. The lowest BCUT2D eigenvalue weighted by Gasteiger charge is -2.12. The van der Waals surface area contributed by atoms with Crippen molar-refractivity contribution in [3.05, 3.63) is 59.7 Å². The number of anilines is 1. The maximum atomic E-state index is 12.5. The molecule has 2 N–H and O–H groups in total. The lowest BCUT2D eigenvalue weighted by atomic mass is 10.1. The molecule has 0 heterocycles. The highest BCUT2D eigenvalue weighted by molar-refractivity contribution is 6.06. The van der Waals surface area contributed by atoms with Gasteiger partial charge in [-0.2, -0.15) is 0 Å². The van der Waals surface area contributed by atoms with Gasteiger partial charge in [-0.3, -0.25) is 9.59 Å². The Kier molecular flexibility index (Phi) is 6.78. The molecule has 2 aromatic carbocycles. The minimum absolute atomic E-state index is 0.0894. The van der Waals surface area contributed by atoms with E-state index in [9.17, 15) is 9.59 Å². The summed E-state index contributed by atoms with van der Waals surface area (Å²) < 4.78 is 5.58. The smallest absolute Gasteiger partial charge is 0.255 e. The highest BCUT2D eigenvalue weighted by atomic mass is 16.5. The Hall–Kier alpha value is -2.82. The number of hydrogen-bond acceptors (Lipinski definition) is 3. The van der Waals surface area contributed by atoms with Gasteiger partial charge in [0, 0.05) is 22.9 Å². The van der Waals surface area contributed by atoms with Crippen LogP contribution in [0, 0.1) is 0 Å². The molecule has 5 heteroatoms. The van der Waals surface area contributed by atoms with E-state index in [0.717, 1.165) is 12.2 Å². The maximum absolute atomic E-state index is 12.5. The first-order valence-corrected chi connectivity index (χ1v) is 8.88. The summed E-state index contributed by atoms with van der Waals surface area (Å²) in [5, 5.41) is 5.73. The monoisotopic (exact) mass is 354 g/mol. The maximum Gasteiger partial charge on any atom is 0.255 e. The molecule has 2 rings (SSSR count). The Balaban J connectivity index is 2.05. The summed E-state index contributed by atoms with van der Waals surface area (Å²) in [6.07, 6.45) is 0.947. The molecule has 1 atom stereocenters. The quantitative estimate of drug-likeness (QED) is 0.781.